The average molecular weight is 256 g/mol. The maximum atomic E-state index is 9.38. The molecule has 4 heteroatoms. The molecule has 1 atom stereocenters. The van der Waals surface area contributed by atoms with Gasteiger partial charge in [0.15, 0.2) is 0 Å². The molecule has 1 aromatic rings. The summed E-state index contributed by atoms with van der Waals surface area (Å²) < 4.78 is 5.60. The number of hydrogen-bond acceptors (Lipinski definition) is 3. The van der Waals surface area contributed by atoms with Gasteiger partial charge in [-0.05, 0) is 31.0 Å². The molecule has 17 heavy (non-hydrogen) atoms. The van der Waals surface area contributed by atoms with Crippen molar-refractivity contribution in [1.82, 2.24) is 4.90 Å². The Morgan fingerprint density at radius 3 is 3.06 bits per heavy atom. The number of β-amino-alcohol motifs (C(OH)–C–C–N with tert-alkyl or cyclic N) is 1. The minimum Gasteiger partial charge on any atom is -0.493 e. The largest absolute Gasteiger partial charge is 0.493 e. The van der Waals surface area contributed by atoms with Crippen molar-refractivity contribution in [3.8, 4) is 5.75 Å². The van der Waals surface area contributed by atoms with Gasteiger partial charge in [0.1, 0.15) is 5.75 Å². The van der Waals surface area contributed by atoms with Crippen LogP contribution in [0.2, 0.25) is 5.02 Å². The number of benzene rings is 1. The minimum absolute atomic E-state index is 0.135. The summed E-state index contributed by atoms with van der Waals surface area (Å²) in [7, 11) is 0. The van der Waals surface area contributed by atoms with Gasteiger partial charge in [-0.3, -0.25) is 0 Å². The van der Waals surface area contributed by atoms with Crippen LogP contribution in [0.25, 0.3) is 0 Å². The van der Waals surface area contributed by atoms with Crippen molar-refractivity contribution in [2.24, 2.45) is 0 Å². The van der Waals surface area contributed by atoms with Crippen LogP contribution in [0.1, 0.15) is 12.8 Å². The second-order valence-corrected chi connectivity index (χ2v) is 4.84. The summed E-state index contributed by atoms with van der Waals surface area (Å²) in [5, 5.41) is 10.1. The van der Waals surface area contributed by atoms with Crippen molar-refractivity contribution in [3.05, 3.63) is 29.3 Å². The Morgan fingerprint density at radius 1 is 1.47 bits per heavy atom. The highest BCUT2D eigenvalue weighted by Crippen LogP contribution is 2.17. The number of rotatable bonds is 5. The fourth-order valence-electron chi connectivity index (χ4n) is 2.05. The highest BCUT2D eigenvalue weighted by atomic mass is 35.5. The summed E-state index contributed by atoms with van der Waals surface area (Å²) in [6, 6.07) is 7.45. The van der Waals surface area contributed by atoms with Crippen LogP contribution >= 0.6 is 11.6 Å². The fraction of sp³-hybridized carbons (Fsp3) is 0.538. The van der Waals surface area contributed by atoms with Crippen LogP contribution in [0, 0.1) is 0 Å². The molecule has 2 rings (SSSR count). The minimum atomic E-state index is -0.135. The number of hydrogen-bond donors (Lipinski definition) is 1. The van der Waals surface area contributed by atoms with Crippen LogP contribution in [-0.2, 0) is 0 Å². The van der Waals surface area contributed by atoms with Gasteiger partial charge in [-0.2, -0.15) is 0 Å². The summed E-state index contributed by atoms with van der Waals surface area (Å²) in [6.07, 6.45) is 1.73. The highest BCUT2D eigenvalue weighted by molar-refractivity contribution is 6.30. The predicted octanol–water partition coefficient (Wildman–Crippen LogP) is 2.18. The Hall–Kier alpha value is -0.770. The SMILES string of the molecule is O[C@H]1CCN(CCCOc2cccc(Cl)c2)C1. The van der Waals surface area contributed by atoms with E-state index in [1.54, 1.807) is 0 Å². The normalized spacial score (nSPS) is 20.7. The molecule has 0 radical (unpaired) electrons. The number of ether oxygens (including phenoxy) is 1. The van der Waals surface area contributed by atoms with Crippen molar-refractivity contribution in [2.45, 2.75) is 18.9 Å². The molecule has 1 fully saturated rings. The first kappa shape index (κ1) is 12.7. The fourth-order valence-corrected chi connectivity index (χ4v) is 2.23. The van der Waals surface area contributed by atoms with E-state index < -0.39 is 0 Å². The second kappa shape index (κ2) is 6.24. The molecule has 1 N–H and O–H groups in total. The Balaban J connectivity index is 1.63. The third-order valence-corrected chi connectivity index (χ3v) is 3.17. The Morgan fingerprint density at radius 2 is 2.35 bits per heavy atom. The Labute approximate surface area is 107 Å². The van der Waals surface area contributed by atoms with E-state index in [2.05, 4.69) is 4.90 Å². The van der Waals surface area contributed by atoms with Gasteiger partial charge in [0.2, 0.25) is 0 Å². The van der Waals surface area contributed by atoms with Gasteiger partial charge in [0.25, 0.3) is 0 Å². The average Bonchev–Trinajstić information content (AvgIpc) is 2.71. The lowest BCUT2D eigenvalue weighted by molar-refractivity contribution is 0.173. The molecular weight excluding hydrogens is 238 g/mol. The third-order valence-electron chi connectivity index (χ3n) is 2.93. The van der Waals surface area contributed by atoms with Crippen molar-refractivity contribution in [2.75, 3.05) is 26.2 Å². The maximum Gasteiger partial charge on any atom is 0.120 e. The van der Waals surface area contributed by atoms with Crippen LogP contribution in [-0.4, -0.2) is 42.4 Å². The first-order valence-electron chi connectivity index (χ1n) is 6.03. The first-order valence-corrected chi connectivity index (χ1v) is 6.40. The molecule has 94 valence electrons. The molecule has 1 saturated heterocycles. The van der Waals surface area contributed by atoms with Crippen molar-refractivity contribution < 1.29 is 9.84 Å². The number of aliphatic hydroxyl groups is 1. The topological polar surface area (TPSA) is 32.7 Å². The van der Waals surface area contributed by atoms with Gasteiger partial charge in [0, 0.05) is 24.7 Å². The molecule has 0 aliphatic carbocycles. The van der Waals surface area contributed by atoms with Crippen molar-refractivity contribution in [1.29, 1.82) is 0 Å². The van der Waals surface area contributed by atoms with Crippen LogP contribution in [0.4, 0.5) is 0 Å². The van der Waals surface area contributed by atoms with E-state index in [0.29, 0.717) is 11.6 Å². The van der Waals surface area contributed by atoms with Gasteiger partial charge in [0.05, 0.1) is 12.7 Å². The molecule has 0 unspecified atom stereocenters. The van der Waals surface area contributed by atoms with Crippen molar-refractivity contribution >= 4 is 11.6 Å². The molecular formula is C13H18ClNO2. The molecule has 0 saturated carbocycles. The van der Waals surface area contributed by atoms with E-state index in [1.807, 2.05) is 24.3 Å². The summed E-state index contributed by atoms with van der Waals surface area (Å²) in [5.41, 5.74) is 0. The van der Waals surface area contributed by atoms with E-state index in [1.165, 1.54) is 0 Å². The molecule has 1 heterocycles. The van der Waals surface area contributed by atoms with Gasteiger partial charge < -0.3 is 14.7 Å². The lowest BCUT2D eigenvalue weighted by Gasteiger charge is -2.14. The number of nitrogens with zero attached hydrogens (tertiary/aromatic N) is 1. The molecule has 0 spiro atoms. The molecule has 0 aromatic heterocycles. The van der Waals surface area contributed by atoms with E-state index in [0.717, 1.165) is 38.2 Å². The van der Waals surface area contributed by atoms with Crippen LogP contribution in [0.3, 0.4) is 0 Å². The van der Waals surface area contributed by atoms with E-state index >= 15 is 0 Å². The maximum absolute atomic E-state index is 9.38. The zero-order valence-electron chi connectivity index (χ0n) is 9.81. The number of likely N-dealkylation sites (tertiary alicyclic amines) is 1. The molecule has 1 aromatic carbocycles. The molecule has 0 amide bonds. The van der Waals surface area contributed by atoms with Gasteiger partial charge in [-0.15, -0.1) is 0 Å². The van der Waals surface area contributed by atoms with E-state index in [-0.39, 0.29) is 6.10 Å². The molecule has 3 nitrogen and oxygen atoms in total. The summed E-state index contributed by atoms with van der Waals surface area (Å²) in [5.74, 6) is 0.818. The van der Waals surface area contributed by atoms with E-state index in [9.17, 15) is 5.11 Å². The summed E-state index contributed by atoms with van der Waals surface area (Å²) >= 11 is 5.86. The smallest absolute Gasteiger partial charge is 0.120 e. The van der Waals surface area contributed by atoms with Crippen LogP contribution in [0.15, 0.2) is 24.3 Å². The lowest BCUT2D eigenvalue weighted by Crippen LogP contribution is -2.24. The zero-order valence-corrected chi connectivity index (χ0v) is 10.6. The zero-order chi connectivity index (χ0) is 12.1. The van der Waals surface area contributed by atoms with Gasteiger partial charge >= 0.3 is 0 Å². The molecule has 1 aliphatic rings. The molecule has 1 aliphatic heterocycles. The predicted molar refractivity (Wildman–Crippen MR) is 68.6 cm³/mol. The highest BCUT2D eigenvalue weighted by Gasteiger charge is 2.18. The van der Waals surface area contributed by atoms with Crippen LogP contribution in [0.5, 0.6) is 5.75 Å². The number of halogens is 1. The lowest BCUT2D eigenvalue weighted by atomic mass is 10.3. The summed E-state index contributed by atoms with van der Waals surface area (Å²) in [6.45, 7) is 3.47. The molecule has 0 bridgehead atoms. The van der Waals surface area contributed by atoms with Gasteiger partial charge in [-0.1, -0.05) is 17.7 Å². The monoisotopic (exact) mass is 255 g/mol. The standard InChI is InChI=1S/C13H18ClNO2/c14-11-3-1-4-13(9-11)17-8-2-6-15-7-5-12(16)10-15/h1,3-4,9,12,16H,2,5-8,10H2/t12-/m0/s1. The quantitative estimate of drug-likeness (QED) is 0.819. The van der Waals surface area contributed by atoms with Gasteiger partial charge in [-0.25, -0.2) is 0 Å². The second-order valence-electron chi connectivity index (χ2n) is 4.40. The Bertz CT molecular complexity index is 359. The summed E-state index contributed by atoms with van der Waals surface area (Å²) in [4.78, 5) is 2.27. The van der Waals surface area contributed by atoms with E-state index in [4.69, 9.17) is 16.3 Å². The third kappa shape index (κ3) is 4.19. The number of aliphatic hydroxyl groups excluding tert-OH is 1. The first-order chi connectivity index (χ1) is 8.24. The Kier molecular flexibility index (Phi) is 4.66. The van der Waals surface area contributed by atoms with Crippen molar-refractivity contribution in [3.63, 3.8) is 0 Å². The van der Waals surface area contributed by atoms with Crippen LogP contribution < -0.4 is 4.74 Å².